The van der Waals surface area contributed by atoms with Crippen molar-refractivity contribution in [2.75, 3.05) is 6.61 Å². The van der Waals surface area contributed by atoms with Crippen molar-refractivity contribution in [1.29, 1.82) is 0 Å². The molecule has 0 aliphatic carbocycles. The van der Waals surface area contributed by atoms with Gasteiger partial charge in [0.25, 0.3) is 0 Å². The summed E-state index contributed by atoms with van der Waals surface area (Å²) >= 11 is 0. The second-order valence-corrected chi connectivity index (χ2v) is 5.46. The summed E-state index contributed by atoms with van der Waals surface area (Å²) < 4.78 is 5.54. The number of nitrogens with one attached hydrogen (secondary N) is 1. The Kier molecular flexibility index (Phi) is 3.98. The van der Waals surface area contributed by atoms with Gasteiger partial charge in [0.1, 0.15) is 24.4 Å². The minimum absolute atomic E-state index is 0.220. The van der Waals surface area contributed by atoms with E-state index in [1.54, 1.807) is 0 Å². The van der Waals surface area contributed by atoms with Crippen molar-refractivity contribution in [3.63, 3.8) is 0 Å². The van der Waals surface area contributed by atoms with Crippen molar-refractivity contribution in [3.8, 4) is 0 Å². The van der Waals surface area contributed by atoms with Gasteiger partial charge in [-0.15, -0.1) is 0 Å². The number of hydrogen-bond acceptors (Lipinski definition) is 7. The Hall–Kier alpha value is -1.06. The lowest BCUT2D eigenvalue weighted by molar-refractivity contribution is -0.360. The third-order valence-electron chi connectivity index (χ3n) is 4.10. The summed E-state index contributed by atoms with van der Waals surface area (Å²) in [7, 11) is 0. The number of hydroxylamine groups is 1. The molecule has 0 bridgehead atoms. The molecule has 21 heavy (non-hydrogen) atoms. The van der Waals surface area contributed by atoms with Crippen LogP contribution in [0.4, 0.5) is 0 Å². The Morgan fingerprint density at radius 3 is 2.52 bits per heavy atom. The van der Waals surface area contributed by atoms with Gasteiger partial charge in [0.05, 0.1) is 12.6 Å². The van der Waals surface area contributed by atoms with Crippen LogP contribution in [0.5, 0.6) is 0 Å². The molecule has 3 rings (SSSR count). The maximum atomic E-state index is 10.2. The first-order valence-corrected chi connectivity index (χ1v) is 6.89. The molecule has 6 atom stereocenters. The largest absolute Gasteiger partial charge is 0.394 e. The number of hydrogen-bond donors (Lipinski definition) is 5. The first-order chi connectivity index (χ1) is 10.1. The van der Waals surface area contributed by atoms with E-state index in [1.165, 1.54) is 0 Å². The molecule has 0 amide bonds. The fraction of sp³-hybridized carbons (Fsp3) is 0.571. The summed E-state index contributed by atoms with van der Waals surface area (Å²) in [5.74, 6) is -1.49. The lowest BCUT2D eigenvalue weighted by atomic mass is 9.88. The monoisotopic (exact) mass is 297 g/mol. The molecular formula is C14H19NO6. The summed E-state index contributed by atoms with van der Waals surface area (Å²) in [6.07, 6.45) is -5.00. The van der Waals surface area contributed by atoms with E-state index in [4.69, 9.17) is 9.57 Å². The summed E-state index contributed by atoms with van der Waals surface area (Å²) in [5, 5.41) is 39.1. The Morgan fingerprint density at radius 2 is 1.86 bits per heavy atom. The molecule has 1 aromatic rings. The fourth-order valence-electron chi connectivity index (χ4n) is 2.87. The molecule has 1 aromatic carbocycles. The molecule has 0 aromatic heterocycles. The Bertz CT molecular complexity index is 484. The van der Waals surface area contributed by atoms with E-state index < -0.39 is 36.8 Å². The topological polar surface area (TPSA) is 111 Å². The van der Waals surface area contributed by atoms with Crippen LogP contribution in [0.2, 0.25) is 0 Å². The van der Waals surface area contributed by atoms with Gasteiger partial charge in [-0.25, -0.2) is 0 Å². The van der Waals surface area contributed by atoms with Gasteiger partial charge in [-0.05, 0) is 5.56 Å². The molecule has 0 radical (unpaired) electrons. The average Bonchev–Trinajstić information content (AvgIpc) is 2.95. The summed E-state index contributed by atoms with van der Waals surface area (Å²) in [6, 6.07) is 9.25. The molecule has 1 spiro atoms. The van der Waals surface area contributed by atoms with Gasteiger partial charge in [-0.3, -0.25) is 4.84 Å². The van der Waals surface area contributed by atoms with Crippen molar-refractivity contribution >= 4 is 0 Å². The van der Waals surface area contributed by atoms with E-state index in [0.29, 0.717) is 0 Å². The Labute approximate surface area is 121 Å². The quantitative estimate of drug-likeness (QED) is 0.467. The maximum Gasteiger partial charge on any atom is 0.218 e. The lowest BCUT2D eigenvalue weighted by Crippen LogP contribution is -2.65. The van der Waals surface area contributed by atoms with E-state index in [0.717, 1.165) is 5.56 Å². The molecule has 2 aliphatic heterocycles. The van der Waals surface area contributed by atoms with Gasteiger partial charge in [0.15, 0.2) is 0 Å². The first kappa shape index (κ1) is 14.9. The van der Waals surface area contributed by atoms with E-state index in [9.17, 15) is 20.4 Å². The lowest BCUT2D eigenvalue weighted by Gasteiger charge is -2.45. The van der Waals surface area contributed by atoms with Crippen LogP contribution in [0.1, 0.15) is 18.0 Å². The van der Waals surface area contributed by atoms with Gasteiger partial charge < -0.3 is 25.2 Å². The van der Waals surface area contributed by atoms with Gasteiger partial charge in [0, 0.05) is 6.42 Å². The molecule has 116 valence electrons. The number of rotatable bonds is 2. The van der Waals surface area contributed by atoms with Gasteiger partial charge >= 0.3 is 0 Å². The molecule has 2 saturated heterocycles. The molecular weight excluding hydrogens is 278 g/mol. The predicted molar refractivity (Wildman–Crippen MR) is 70.7 cm³/mol. The van der Waals surface area contributed by atoms with Crippen LogP contribution in [0, 0.1) is 0 Å². The predicted octanol–water partition coefficient (Wildman–Crippen LogP) is -1.18. The van der Waals surface area contributed by atoms with Crippen LogP contribution in [0.3, 0.4) is 0 Å². The third kappa shape index (κ3) is 2.47. The zero-order chi connectivity index (χ0) is 15.0. The number of benzene rings is 1. The highest BCUT2D eigenvalue weighted by atomic mass is 16.8. The van der Waals surface area contributed by atoms with Gasteiger partial charge in [-0.1, -0.05) is 30.3 Å². The normalized spacial score (nSPS) is 43.3. The summed E-state index contributed by atoms with van der Waals surface area (Å²) in [5.41, 5.74) is 3.73. The maximum absolute atomic E-state index is 10.2. The minimum atomic E-state index is -1.49. The Balaban J connectivity index is 1.82. The summed E-state index contributed by atoms with van der Waals surface area (Å²) in [6.45, 7) is -0.480. The smallest absolute Gasteiger partial charge is 0.218 e. The molecule has 0 saturated carbocycles. The Morgan fingerprint density at radius 1 is 1.14 bits per heavy atom. The van der Waals surface area contributed by atoms with E-state index in [-0.39, 0.29) is 12.5 Å². The third-order valence-corrected chi connectivity index (χ3v) is 4.10. The number of ether oxygens (including phenoxy) is 1. The standard InChI is InChI=1S/C14H19NO6/c16-7-10-11(17)12(18)13(19)14(20-10)6-9(15-21-14)8-4-2-1-3-5-8/h1-5,9-13,15-19H,6-7H2/t9?,10-,11-,12+,13-,14-/m1/s1. The highest BCUT2D eigenvalue weighted by molar-refractivity contribution is 5.20. The van der Waals surface area contributed by atoms with Crippen molar-refractivity contribution < 1.29 is 30.0 Å². The van der Waals surface area contributed by atoms with Crippen LogP contribution >= 0.6 is 0 Å². The van der Waals surface area contributed by atoms with Crippen LogP contribution in [-0.2, 0) is 9.57 Å². The first-order valence-electron chi connectivity index (χ1n) is 6.89. The van der Waals surface area contributed by atoms with Crippen molar-refractivity contribution in [2.24, 2.45) is 0 Å². The minimum Gasteiger partial charge on any atom is -0.394 e. The van der Waals surface area contributed by atoms with Crippen molar-refractivity contribution in [3.05, 3.63) is 35.9 Å². The second kappa shape index (κ2) is 5.62. The number of aliphatic hydroxyl groups excluding tert-OH is 4. The summed E-state index contributed by atoms with van der Waals surface area (Å²) in [4.78, 5) is 5.41. The molecule has 2 fully saturated rings. The zero-order valence-corrected chi connectivity index (χ0v) is 11.3. The van der Waals surface area contributed by atoms with Crippen molar-refractivity contribution in [1.82, 2.24) is 5.48 Å². The van der Waals surface area contributed by atoms with Crippen LogP contribution in [0.25, 0.3) is 0 Å². The number of aliphatic hydroxyl groups is 4. The fourth-order valence-corrected chi connectivity index (χ4v) is 2.87. The van der Waals surface area contributed by atoms with E-state index >= 15 is 0 Å². The zero-order valence-electron chi connectivity index (χ0n) is 11.3. The molecule has 1 unspecified atom stereocenters. The van der Waals surface area contributed by atoms with E-state index in [1.807, 2.05) is 30.3 Å². The van der Waals surface area contributed by atoms with Crippen LogP contribution < -0.4 is 5.48 Å². The van der Waals surface area contributed by atoms with Gasteiger partial charge in [-0.2, -0.15) is 5.48 Å². The highest BCUT2D eigenvalue weighted by Gasteiger charge is 2.58. The molecule has 2 aliphatic rings. The molecule has 2 heterocycles. The average molecular weight is 297 g/mol. The van der Waals surface area contributed by atoms with Crippen molar-refractivity contribution in [2.45, 2.75) is 42.7 Å². The highest BCUT2D eigenvalue weighted by Crippen LogP contribution is 2.41. The molecule has 5 N–H and O–H groups in total. The second-order valence-electron chi connectivity index (χ2n) is 5.46. The molecule has 7 nitrogen and oxygen atoms in total. The van der Waals surface area contributed by atoms with E-state index in [2.05, 4.69) is 5.48 Å². The van der Waals surface area contributed by atoms with Gasteiger partial charge in [0.2, 0.25) is 5.79 Å². The van der Waals surface area contributed by atoms with Crippen LogP contribution in [0.15, 0.2) is 30.3 Å². The SMILES string of the molecule is OC[C@H]1O[C@@]2(CC(c3ccccc3)NO2)[C@H](O)[C@@H](O)[C@@H]1O. The van der Waals surface area contributed by atoms with Crippen LogP contribution in [-0.4, -0.2) is 57.2 Å². The molecule has 7 heteroatoms.